The molecular weight excluding hydrogens is 256 g/mol. The molecule has 1 atom stereocenters. The maximum Gasteiger partial charge on any atom is 0.195 e. The highest BCUT2D eigenvalue weighted by Crippen LogP contribution is 2.39. The van der Waals surface area contributed by atoms with Gasteiger partial charge < -0.3 is 0 Å². The van der Waals surface area contributed by atoms with Crippen LogP contribution in [0.3, 0.4) is 0 Å². The molecule has 0 spiro atoms. The number of hydrogen-bond acceptors (Lipinski definition) is 3. The van der Waals surface area contributed by atoms with Gasteiger partial charge in [-0.15, -0.1) is 0 Å². The maximum absolute atomic E-state index is 5.41. The zero-order valence-corrected chi connectivity index (χ0v) is 11.9. The number of aromatic nitrogens is 4. The van der Waals surface area contributed by atoms with Gasteiger partial charge in [0.05, 0.1) is 0 Å². The molecule has 0 aromatic carbocycles. The van der Waals surface area contributed by atoms with Crippen LogP contribution in [0.4, 0.5) is 0 Å². The Labute approximate surface area is 117 Å². The van der Waals surface area contributed by atoms with Crippen molar-refractivity contribution in [1.82, 2.24) is 19.7 Å². The summed E-state index contributed by atoms with van der Waals surface area (Å²) < 4.78 is 2.89. The number of hydrogen-bond donors (Lipinski definition) is 1. The molecule has 0 aliphatic heterocycles. The topological polar surface area (TPSA) is 46.5 Å². The van der Waals surface area contributed by atoms with Crippen LogP contribution in [0, 0.1) is 10.7 Å². The molecule has 100 valence electrons. The second-order valence-corrected chi connectivity index (χ2v) is 5.59. The standard InChI is InChI=1S/C14H18N4S/c1-2-12(8-10-5-6-10)18-13(16-17-14(18)19)11-4-3-7-15-9-11/h3-4,7,9-10,12H,2,5-6,8H2,1H3,(H,17,19). The summed E-state index contributed by atoms with van der Waals surface area (Å²) in [6, 6.07) is 4.39. The van der Waals surface area contributed by atoms with E-state index in [0.29, 0.717) is 10.8 Å². The molecule has 2 aromatic heterocycles. The molecule has 1 aliphatic carbocycles. The van der Waals surface area contributed by atoms with Gasteiger partial charge in [-0.3, -0.25) is 14.6 Å². The van der Waals surface area contributed by atoms with Gasteiger partial charge in [-0.1, -0.05) is 19.8 Å². The summed E-state index contributed by atoms with van der Waals surface area (Å²) in [5.41, 5.74) is 1.02. The fraction of sp³-hybridized carbons (Fsp3) is 0.500. The fourth-order valence-electron chi connectivity index (χ4n) is 2.54. The Kier molecular flexibility index (Phi) is 3.46. The Morgan fingerprint density at radius 2 is 2.37 bits per heavy atom. The van der Waals surface area contributed by atoms with E-state index in [0.717, 1.165) is 23.7 Å². The van der Waals surface area contributed by atoms with E-state index in [1.165, 1.54) is 19.3 Å². The molecule has 5 heteroatoms. The molecule has 2 aromatic rings. The smallest absolute Gasteiger partial charge is 0.195 e. The third kappa shape index (κ3) is 2.61. The summed E-state index contributed by atoms with van der Waals surface area (Å²) in [5, 5.41) is 7.32. The van der Waals surface area contributed by atoms with Gasteiger partial charge in [0.15, 0.2) is 10.6 Å². The summed E-state index contributed by atoms with van der Waals surface area (Å²) in [5.74, 6) is 1.79. The Bertz CT molecular complexity index is 597. The quantitative estimate of drug-likeness (QED) is 0.845. The zero-order chi connectivity index (χ0) is 13.2. The highest BCUT2D eigenvalue weighted by Gasteiger charge is 2.27. The lowest BCUT2D eigenvalue weighted by Gasteiger charge is -2.18. The molecule has 3 rings (SSSR count). The highest BCUT2D eigenvalue weighted by atomic mass is 32.1. The molecule has 1 N–H and O–H groups in total. The average molecular weight is 274 g/mol. The molecule has 0 radical (unpaired) electrons. The van der Waals surface area contributed by atoms with Gasteiger partial charge in [0.1, 0.15) is 0 Å². The second-order valence-electron chi connectivity index (χ2n) is 5.21. The van der Waals surface area contributed by atoms with Crippen LogP contribution in [0.15, 0.2) is 24.5 Å². The van der Waals surface area contributed by atoms with Crippen molar-refractivity contribution in [2.24, 2.45) is 5.92 Å². The minimum atomic E-state index is 0.439. The first-order valence-corrected chi connectivity index (χ1v) is 7.27. The van der Waals surface area contributed by atoms with Crippen molar-refractivity contribution in [2.45, 2.75) is 38.6 Å². The molecule has 19 heavy (non-hydrogen) atoms. The van der Waals surface area contributed by atoms with Gasteiger partial charge in [0.2, 0.25) is 0 Å². The number of rotatable bonds is 5. The van der Waals surface area contributed by atoms with Crippen molar-refractivity contribution in [3.63, 3.8) is 0 Å². The van der Waals surface area contributed by atoms with E-state index in [1.54, 1.807) is 6.20 Å². The van der Waals surface area contributed by atoms with E-state index in [1.807, 2.05) is 18.3 Å². The predicted octanol–water partition coefficient (Wildman–Crippen LogP) is 3.75. The van der Waals surface area contributed by atoms with Gasteiger partial charge in [-0.2, -0.15) is 5.10 Å². The predicted molar refractivity (Wildman–Crippen MR) is 77.3 cm³/mol. The number of pyridine rings is 1. The van der Waals surface area contributed by atoms with Crippen LogP contribution in [0.25, 0.3) is 11.4 Å². The molecule has 0 bridgehead atoms. The molecule has 4 nitrogen and oxygen atoms in total. The third-order valence-electron chi connectivity index (χ3n) is 3.76. The van der Waals surface area contributed by atoms with Crippen LogP contribution in [-0.2, 0) is 0 Å². The molecule has 1 fully saturated rings. The van der Waals surface area contributed by atoms with Crippen molar-refractivity contribution < 1.29 is 0 Å². The normalized spacial score (nSPS) is 16.5. The van der Waals surface area contributed by atoms with Crippen molar-refractivity contribution in [3.8, 4) is 11.4 Å². The first-order chi connectivity index (χ1) is 9.29. The van der Waals surface area contributed by atoms with Crippen molar-refractivity contribution in [3.05, 3.63) is 29.3 Å². The van der Waals surface area contributed by atoms with E-state index >= 15 is 0 Å². The first-order valence-electron chi connectivity index (χ1n) is 6.87. The lowest BCUT2D eigenvalue weighted by molar-refractivity contribution is 0.427. The minimum absolute atomic E-state index is 0.439. The minimum Gasteiger partial charge on any atom is -0.297 e. The van der Waals surface area contributed by atoms with Crippen LogP contribution < -0.4 is 0 Å². The molecule has 1 saturated carbocycles. The van der Waals surface area contributed by atoms with Crippen LogP contribution >= 0.6 is 12.2 Å². The summed E-state index contributed by atoms with van der Waals surface area (Å²) in [7, 11) is 0. The zero-order valence-electron chi connectivity index (χ0n) is 11.0. The molecule has 1 aliphatic rings. The van der Waals surface area contributed by atoms with Crippen LogP contribution in [0.5, 0.6) is 0 Å². The van der Waals surface area contributed by atoms with Gasteiger partial charge in [0, 0.05) is 24.0 Å². The van der Waals surface area contributed by atoms with Gasteiger partial charge >= 0.3 is 0 Å². The van der Waals surface area contributed by atoms with E-state index in [9.17, 15) is 0 Å². The highest BCUT2D eigenvalue weighted by molar-refractivity contribution is 7.71. The number of nitrogens with zero attached hydrogens (tertiary/aromatic N) is 3. The van der Waals surface area contributed by atoms with E-state index in [2.05, 4.69) is 26.7 Å². The number of aromatic amines is 1. The Hall–Kier alpha value is -1.49. The summed E-state index contributed by atoms with van der Waals surface area (Å²) >= 11 is 5.41. The third-order valence-corrected chi connectivity index (χ3v) is 4.05. The van der Waals surface area contributed by atoms with E-state index < -0.39 is 0 Å². The number of H-pyrrole nitrogens is 1. The lowest BCUT2D eigenvalue weighted by atomic mass is 10.1. The molecule has 0 amide bonds. The summed E-state index contributed by atoms with van der Waals surface area (Å²) in [4.78, 5) is 4.17. The first kappa shape index (κ1) is 12.5. The van der Waals surface area contributed by atoms with Crippen molar-refractivity contribution in [1.29, 1.82) is 0 Å². The van der Waals surface area contributed by atoms with E-state index in [-0.39, 0.29) is 0 Å². The molecule has 1 unspecified atom stereocenters. The average Bonchev–Trinajstić information content (AvgIpc) is 3.19. The summed E-state index contributed by atoms with van der Waals surface area (Å²) in [6.45, 7) is 2.22. The molecule has 2 heterocycles. The molecule has 0 saturated heterocycles. The monoisotopic (exact) mass is 274 g/mol. The fourth-order valence-corrected chi connectivity index (χ4v) is 2.82. The second kappa shape index (κ2) is 5.25. The number of nitrogens with one attached hydrogen (secondary N) is 1. The lowest BCUT2D eigenvalue weighted by Crippen LogP contribution is -2.11. The summed E-state index contributed by atoms with van der Waals surface area (Å²) in [6.07, 6.45) is 8.63. The van der Waals surface area contributed by atoms with Gasteiger partial charge in [0.25, 0.3) is 0 Å². The Balaban J connectivity index is 1.99. The largest absolute Gasteiger partial charge is 0.297 e. The van der Waals surface area contributed by atoms with Crippen LogP contribution in [-0.4, -0.2) is 19.7 Å². The molecular formula is C14H18N4S. The Morgan fingerprint density at radius 1 is 1.53 bits per heavy atom. The van der Waals surface area contributed by atoms with Crippen LogP contribution in [0.1, 0.15) is 38.6 Å². The van der Waals surface area contributed by atoms with Crippen LogP contribution in [0.2, 0.25) is 0 Å². The van der Waals surface area contributed by atoms with Crippen molar-refractivity contribution >= 4 is 12.2 Å². The van der Waals surface area contributed by atoms with Crippen molar-refractivity contribution in [2.75, 3.05) is 0 Å². The van der Waals surface area contributed by atoms with Gasteiger partial charge in [-0.25, -0.2) is 0 Å². The van der Waals surface area contributed by atoms with Gasteiger partial charge in [-0.05, 0) is 43.1 Å². The maximum atomic E-state index is 5.41. The SMILES string of the molecule is CCC(CC1CC1)n1c(-c2cccnc2)n[nH]c1=S. The Morgan fingerprint density at radius 3 is 3.00 bits per heavy atom. The van der Waals surface area contributed by atoms with E-state index in [4.69, 9.17) is 12.2 Å².